The molecule has 3 N–H and O–H groups in total. The van der Waals surface area contributed by atoms with Crippen LogP contribution in [0, 0.1) is 24.5 Å². The minimum absolute atomic E-state index is 0.000405. The lowest BCUT2D eigenvalue weighted by molar-refractivity contribution is -0.109. The molecule has 0 radical (unpaired) electrons. The molecule has 0 saturated carbocycles. The summed E-state index contributed by atoms with van der Waals surface area (Å²) in [6, 6.07) is 2.07. The van der Waals surface area contributed by atoms with Gasteiger partial charge in [-0.1, -0.05) is 18.2 Å². The zero-order chi connectivity index (χ0) is 21.2. The van der Waals surface area contributed by atoms with Gasteiger partial charge in [-0.3, -0.25) is 4.79 Å². The van der Waals surface area contributed by atoms with Crippen LogP contribution in [0.15, 0.2) is 24.3 Å². The van der Waals surface area contributed by atoms with Gasteiger partial charge >= 0.3 is 0 Å². The van der Waals surface area contributed by atoms with E-state index in [1.165, 1.54) is 12.1 Å². The Kier molecular flexibility index (Phi) is 9.66. The summed E-state index contributed by atoms with van der Waals surface area (Å²) in [4.78, 5) is 18.0. The smallest absolute Gasteiger partial charge is 0.207 e. The van der Waals surface area contributed by atoms with Gasteiger partial charge in [-0.25, -0.2) is 13.7 Å². The van der Waals surface area contributed by atoms with E-state index < -0.39 is 17.7 Å². The predicted molar refractivity (Wildman–Crippen MR) is 109 cm³/mol. The Morgan fingerprint density at radius 2 is 2.03 bits per heavy atom. The summed E-state index contributed by atoms with van der Waals surface area (Å²) in [5.74, 6) is -0.873. The molecule has 0 fully saturated rings. The van der Waals surface area contributed by atoms with Crippen molar-refractivity contribution in [1.82, 2.24) is 21.2 Å². The molecule has 1 aliphatic rings. The van der Waals surface area contributed by atoms with E-state index in [0.717, 1.165) is 19.4 Å². The molecule has 3 unspecified atom stereocenters. The molecule has 0 spiro atoms. The van der Waals surface area contributed by atoms with Crippen LogP contribution in [0.4, 0.5) is 8.78 Å². The Morgan fingerprint density at radius 1 is 1.28 bits per heavy atom. The highest BCUT2D eigenvalue weighted by atomic mass is 19.1. The highest BCUT2D eigenvalue weighted by Crippen LogP contribution is 2.32. The first-order chi connectivity index (χ1) is 13.9. The first kappa shape index (κ1) is 23.4. The summed E-state index contributed by atoms with van der Waals surface area (Å²) in [6.07, 6.45) is 7.62. The second-order valence-corrected chi connectivity index (χ2v) is 7.79. The zero-order valence-corrected chi connectivity index (χ0v) is 17.4. The maximum atomic E-state index is 14.7. The van der Waals surface area contributed by atoms with E-state index in [-0.39, 0.29) is 17.5 Å². The van der Waals surface area contributed by atoms with Crippen molar-refractivity contribution in [2.75, 3.05) is 27.2 Å². The third-order valence-electron chi connectivity index (χ3n) is 5.13. The van der Waals surface area contributed by atoms with Crippen molar-refractivity contribution in [3.8, 4) is 0 Å². The molecule has 0 aromatic heterocycles. The molecule has 0 aliphatic heterocycles. The minimum Gasteiger partial charge on any atom is -0.359 e. The normalized spacial score (nSPS) is 17.8. The molecule has 1 aliphatic carbocycles. The van der Waals surface area contributed by atoms with Crippen LogP contribution < -0.4 is 16.3 Å². The Hall–Kier alpha value is -1.87. The molecular weight excluding hydrogens is 378 g/mol. The fourth-order valence-electron chi connectivity index (χ4n) is 3.21. The number of nitrogens with zero attached hydrogens (tertiary/aromatic N) is 1. The summed E-state index contributed by atoms with van der Waals surface area (Å²) in [6.45, 7) is 2.96. The average Bonchev–Trinajstić information content (AvgIpc) is 2.64. The molecule has 1 aromatic rings. The Morgan fingerprint density at radius 3 is 2.66 bits per heavy atom. The van der Waals surface area contributed by atoms with Gasteiger partial charge in [-0.15, -0.1) is 0 Å². The molecule has 8 heteroatoms. The zero-order valence-electron chi connectivity index (χ0n) is 17.4. The van der Waals surface area contributed by atoms with Crippen molar-refractivity contribution < 1.29 is 18.5 Å². The van der Waals surface area contributed by atoms with Gasteiger partial charge < -0.3 is 10.2 Å². The van der Waals surface area contributed by atoms with Gasteiger partial charge in [0.15, 0.2) is 0 Å². The molecule has 162 valence electrons. The molecule has 0 saturated heterocycles. The van der Waals surface area contributed by atoms with Crippen molar-refractivity contribution in [2.45, 2.75) is 44.7 Å². The van der Waals surface area contributed by atoms with Crippen molar-refractivity contribution in [3.63, 3.8) is 0 Å². The fraction of sp³-hybridized carbons (Fsp3) is 0.571. The van der Waals surface area contributed by atoms with E-state index in [4.69, 9.17) is 4.94 Å². The fourth-order valence-corrected chi connectivity index (χ4v) is 3.21. The highest BCUT2D eigenvalue weighted by Gasteiger charge is 2.26. The molecule has 0 bridgehead atoms. The van der Waals surface area contributed by atoms with Crippen molar-refractivity contribution in [1.29, 1.82) is 0 Å². The molecular formula is C21H32F2N4O2. The predicted octanol–water partition coefficient (Wildman–Crippen LogP) is 2.76. The van der Waals surface area contributed by atoms with Crippen LogP contribution in [0.25, 0.3) is 0 Å². The maximum Gasteiger partial charge on any atom is 0.207 e. The van der Waals surface area contributed by atoms with Gasteiger partial charge in [-0.2, -0.15) is 11.0 Å². The first-order valence-electron chi connectivity index (χ1n) is 10.0. The monoisotopic (exact) mass is 410 g/mol. The number of carbonyl (C=O) groups is 1. The highest BCUT2D eigenvalue weighted by molar-refractivity contribution is 5.45. The van der Waals surface area contributed by atoms with E-state index in [1.807, 2.05) is 26.2 Å². The van der Waals surface area contributed by atoms with Gasteiger partial charge in [0.2, 0.25) is 6.41 Å². The average molecular weight is 411 g/mol. The lowest BCUT2D eigenvalue weighted by Crippen LogP contribution is -2.40. The van der Waals surface area contributed by atoms with Crippen LogP contribution in [-0.4, -0.2) is 44.5 Å². The Labute approximate surface area is 171 Å². The number of aryl methyl sites for hydroxylation is 1. The number of amides is 1. The van der Waals surface area contributed by atoms with E-state index in [1.54, 1.807) is 6.92 Å². The second-order valence-electron chi connectivity index (χ2n) is 7.79. The van der Waals surface area contributed by atoms with Crippen LogP contribution in [-0.2, 0) is 9.73 Å². The van der Waals surface area contributed by atoms with E-state index in [0.29, 0.717) is 31.4 Å². The molecule has 0 heterocycles. The molecule has 2 rings (SSSR count). The quantitative estimate of drug-likeness (QED) is 0.191. The van der Waals surface area contributed by atoms with Crippen LogP contribution in [0.5, 0.6) is 0 Å². The van der Waals surface area contributed by atoms with Crippen LogP contribution in [0.2, 0.25) is 0 Å². The largest absolute Gasteiger partial charge is 0.359 e. The van der Waals surface area contributed by atoms with Crippen molar-refractivity contribution >= 4 is 6.41 Å². The number of halogens is 2. The van der Waals surface area contributed by atoms with Gasteiger partial charge in [0.05, 0.1) is 6.04 Å². The number of benzene rings is 1. The summed E-state index contributed by atoms with van der Waals surface area (Å²) >= 11 is 0. The number of nitrogens with one attached hydrogen (secondary N) is 3. The lowest BCUT2D eigenvalue weighted by Gasteiger charge is -2.27. The maximum absolute atomic E-state index is 14.7. The summed E-state index contributed by atoms with van der Waals surface area (Å²) in [7, 11) is 3.95. The molecule has 29 heavy (non-hydrogen) atoms. The molecule has 6 nitrogen and oxygen atoms in total. The number of rotatable bonds is 14. The number of allylic oxidation sites excluding steroid dienone is 2. The molecule has 1 aromatic carbocycles. The number of hydrogen-bond acceptors (Lipinski definition) is 5. The summed E-state index contributed by atoms with van der Waals surface area (Å²) in [5.41, 5.74) is 6.16. The molecule has 1 amide bonds. The minimum atomic E-state index is -0.625. The Bertz CT molecular complexity index is 685. The van der Waals surface area contributed by atoms with Crippen molar-refractivity contribution in [2.24, 2.45) is 5.92 Å². The number of carbonyl (C=O) groups excluding carboxylic acids is 1. The van der Waals surface area contributed by atoms with Crippen LogP contribution >= 0.6 is 0 Å². The van der Waals surface area contributed by atoms with Gasteiger partial charge in [0.25, 0.3) is 0 Å². The number of hydrogen-bond donors (Lipinski definition) is 3. The second kappa shape index (κ2) is 12.0. The number of hydroxylamine groups is 2. The SMILES string of the molecule is Cc1ccc(F)c(C(CC2C=CC2)NONC(CCNC=O)CCN(C)C)c1F. The van der Waals surface area contributed by atoms with Gasteiger partial charge in [0, 0.05) is 18.2 Å². The summed E-state index contributed by atoms with van der Waals surface area (Å²) in [5, 5.41) is 2.64. The van der Waals surface area contributed by atoms with Crippen molar-refractivity contribution in [3.05, 3.63) is 47.0 Å². The third-order valence-corrected chi connectivity index (χ3v) is 5.13. The van der Waals surface area contributed by atoms with E-state index >= 15 is 0 Å². The lowest BCUT2D eigenvalue weighted by atomic mass is 9.86. The standard InChI is InChI=1S/C21H32F2N4O2/c1-15-7-8-18(22)20(21(15)23)19(13-16-5-4-6-16)26-29-25-17(9-11-24-14-28)10-12-27(2)3/h4-5,7-8,14,16-17,19,25-26H,6,9-13H2,1-3H3,(H,24,28). The van der Waals surface area contributed by atoms with E-state index in [9.17, 15) is 13.6 Å². The van der Waals surface area contributed by atoms with Gasteiger partial charge in [-0.05, 0) is 70.8 Å². The topological polar surface area (TPSA) is 65.6 Å². The van der Waals surface area contributed by atoms with Gasteiger partial charge in [0.1, 0.15) is 11.6 Å². The van der Waals surface area contributed by atoms with Crippen LogP contribution in [0.3, 0.4) is 0 Å². The summed E-state index contributed by atoms with van der Waals surface area (Å²) < 4.78 is 29.1. The molecule has 3 atom stereocenters. The van der Waals surface area contributed by atoms with Crippen LogP contribution in [0.1, 0.15) is 42.9 Å². The van der Waals surface area contributed by atoms with E-state index in [2.05, 4.69) is 21.2 Å². The third kappa shape index (κ3) is 7.47. The first-order valence-corrected chi connectivity index (χ1v) is 10.0. The Balaban J connectivity index is 2.01.